The van der Waals surface area contributed by atoms with Gasteiger partial charge < -0.3 is 59.2 Å². The van der Waals surface area contributed by atoms with Crippen molar-refractivity contribution in [2.45, 2.75) is 64.0 Å². The Kier molecular flexibility index (Phi) is 22.1. The summed E-state index contributed by atoms with van der Waals surface area (Å²) in [5.74, 6) is -1.49. The molecule has 2 saturated heterocycles. The molecule has 0 aromatic heterocycles. The van der Waals surface area contributed by atoms with E-state index in [4.69, 9.17) is 59.2 Å². The van der Waals surface area contributed by atoms with Crippen LogP contribution in [0.4, 0.5) is 0 Å². The molecule has 2 aliphatic rings. The van der Waals surface area contributed by atoms with Gasteiger partial charge in [0, 0.05) is 20.7 Å². The second-order valence-electron chi connectivity index (χ2n) is 21.7. The van der Waals surface area contributed by atoms with E-state index < -0.39 is 127 Å². The number of hydrogen-bond donors (Lipinski definition) is 0. The minimum Gasteiger partial charge on any atom is -0.416 e. The Morgan fingerprint density at radius 3 is 1.38 bits per heavy atom. The molecule has 0 bridgehead atoms. The molecule has 0 saturated carbocycles. The molecule has 444 valence electrons. The van der Waals surface area contributed by atoms with Gasteiger partial charge in [0.1, 0.15) is 12.5 Å². The summed E-state index contributed by atoms with van der Waals surface area (Å²) in [5.41, 5.74) is -0.245. The largest absolute Gasteiger partial charge is 0.519 e. The van der Waals surface area contributed by atoms with Crippen LogP contribution >= 0.6 is 0 Å². The predicted molar refractivity (Wildman–Crippen MR) is 363 cm³/mol. The fourth-order valence-electron chi connectivity index (χ4n) is 10.2. The lowest BCUT2D eigenvalue weighted by Crippen LogP contribution is -2.71. The molecule has 14 nitrogen and oxygen atoms in total. The number of hydrogen-bond acceptors (Lipinski definition) is 14. The van der Waals surface area contributed by atoms with Gasteiger partial charge in [-0.05, 0) is 73.5 Å². The fraction of sp³-hybridized carbons (Fsp3) is 0.186. The first kappa shape index (κ1) is 63.8. The summed E-state index contributed by atoms with van der Waals surface area (Å²) in [6, 6.07) is 80.4. The molecule has 9 atom stereocenters. The lowest BCUT2D eigenvalue weighted by atomic mass is 10.2. The van der Waals surface area contributed by atoms with E-state index in [2.05, 4.69) is 64.5 Å². The van der Waals surface area contributed by atoms with E-state index in [1.54, 1.807) is 0 Å². The third-order valence-corrected chi connectivity index (χ3v) is 49.2. The van der Waals surface area contributed by atoms with Gasteiger partial charge in [-0.2, -0.15) is 0 Å². The van der Waals surface area contributed by atoms with Crippen LogP contribution in [0.3, 0.4) is 0 Å². The van der Waals surface area contributed by atoms with Crippen LogP contribution in [0.2, 0.25) is 52.4 Å². The van der Waals surface area contributed by atoms with Gasteiger partial charge in [0.05, 0.1) is 0 Å². The first-order valence-electron chi connectivity index (χ1n) is 29.0. The highest BCUT2D eigenvalue weighted by Crippen LogP contribution is 2.46. The van der Waals surface area contributed by atoms with Crippen molar-refractivity contribution in [3.05, 3.63) is 248 Å². The van der Waals surface area contributed by atoms with Crippen molar-refractivity contribution in [2.24, 2.45) is 0 Å². The topological polar surface area (TPSA) is 129 Å². The average Bonchev–Trinajstić information content (AvgIpc) is 2.07. The van der Waals surface area contributed by atoms with Gasteiger partial charge in [-0.25, -0.2) is 0 Å². The van der Waals surface area contributed by atoms with E-state index in [9.17, 15) is 0 Å². The Morgan fingerprint density at radius 1 is 0.447 bits per heavy atom. The van der Waals surface area contributed by atoms with Gasteiger partial charge >= 0.3 is 62.3 Å². The van der Waals surface area contributed by atoms with Crippen LogP contribution in [-0.4, -0.2) is 121 Å². The Bertz CT molecular complexity index is 3290. The minimum absolute atomic E-state index is 0.424. The van der Waals surface area contributed by atoms with Crippen molar-refractivity contribution in [2.75, 3.05) is 6.79 Å². The molecule has 9 unspecified atom stereocenters. The maximum absolute atomic E-state index is 8.21. The molecule has 26 heteroatoms. The van der Waals surface area contributed by atoms with Crippen LogP contribution in [0.15, 0.2) is 243 Å². The van der Waals surface area contributed by atoms with Crippen molar-refractivity contribution in [3.63, 3.8) is 0 Å². The fourth-order valence-corrected chi connectivity index (χ4v) is 51.8. The zero-order valence-electron chi connectivity index (χ0n) is 49.3. The highest BCUT2D eigenvalue weighted by atomic mass is 28.5. The first-order chi connectivity index (χ1) is 41.2. The van der Waals surface area contributed by atoms with Gasteiger partial charge in [-0.1, -0.05) is 243 Å². The third kappa shape index (κ3) is 15.5. The summed E-state index contributed by atoms with van der Waals surface area (Å²) >= 11 is 0. The molecule has 2 aliphatic heterocycles. The summed E-state index contributed by atoms with van der Waals surface area (Å²) in [4.78, 5) is 0. The van der Waals surface area contributed by atoms with Crippen molar-refractivity contribution in [3.8, 4) is 0 Å². The maximum atomic E-state index is 8.21. The van der Waals surface area contributed by atoms with E-state index >= 15 is 0 Å². The summed E-state index contributed by atoms with van der Waals surface area (Å²) < 4.78 is 109. The van der Waals surface area contributed by atoms with Crippen LogP contribution in [0.1, 0.15) is 11.3 Å². The summed E-state index contributed by atoms with van der Waals surface area (Å²) in [7, 11) is -38.6. The summed E-state index contributed by atoms with van der Waals surface area (Å²) in [6.45, 7) is 16.6. The number of benzene rings is 8. The van der Waals surface area contributed by atoms with Crippen LogP contribution in [0, 0.1) is 0 Å². The number of rotatable bonds is 20. The molecule has 2 fully saturated rings. The lowest BCUT2D eigenvalue weighted by molar-refractivity contribution is -0.0414. The van der Waals surface area contributed by atoms with Crippen molar-refractivity contribution in [1.29, 1.82) is 0 Å². The molecule has 85 heavy (non-hydrogen) atoms. The van der Waals surface area contributed by atoms with E-state index in [0.717, 1.165) is 41.9 Å². The molecule has 10 rings (SSSR count). The molecular weight excluding hydrogens is 1270 g/mol. The average molecular weight is 1350 g/mol. The van der Waals surface area contributed by atoms with Crippen molar-refractivity contribution < 1.29 is 59.2 Å². The van der Waals surface area contributed by atoms with Gasteiger partial charge in [0.25, 0.3) is 0 Å². The van der Waals surface area contributed by atoms with E-state index in [1.165, 1.54) is 0 Å². The highest BCUT2D eigenvalue weighted by Gasteiger charge is 2.73. The highest BCUT2D eigenvalue weighted by molar-refractivity contribution is 6.95. The molecular formula is C59H76O14Si12. The third-order valence-electron chi connectivity index (χ3n) is 13.7. The van der Waals surface area contributed by atoms with Crippen molar-refractivity contribution >= 4 is 145 Å². The monoisotopic (exact) mass is 1340 g/mol. The molecule has 0 radical (unpaired) electrons. The van der Waals surface area contributed by atoms with Gasteiger partial charge in [0.2, 0.25) is 0 Å². The molecule has 0 amide bonds. The smallest absolute Gasteiger partial charge is 0.416 e. The summed E-state index contributed by atoms with van der Waals surface area (Å²) in [5, 5.41) is 5.64. The summed E-state index contributed by atoms with van der Waals surface area (Å²) in [6.07, 6.45) is 0. The Hall–Kier alpha value is -4.20. The quantitative estimate of drug-likeness (QED) is 0.0973. The zero-order chi connectivity index (χ0) is 59.3. The van der Waals surface area contributed by atoms with Crippen LogP contribution in [0.5, 0.6) is 0 Å². The van der Waals surface area contributed by atoms with Crippen LogP contribution in [0.25, 0.3) is 0 Å². The second-order valence-corrected chi connectivity index (χ2v) is 52.9. The maximum Gasteiger partial charge on any atom is 0.519 e. The Morgan fingerprint density at radius 2 is 0.859 bits per heavy atom. The van der Waals surface area contributed by atoms with Crippen LogP contribution < -0.4 is 36.3 Å². The molecule has 2 heterocycles. The van der Waals surface area contributed by atoms with E-state index in [0.29, 0.717) is 0 Å². The lowest BCUT2D eigenvalue weighted by Gasteiger charge is -2.43. The molecule has 0 aliphatic carbocycles. The van der Waals surface area contributed by atoms with E-state index in [1.807, 2.05) is 231 Å². The Balaban J connectivity index is 1.32. The molecule has 0 N–H and O–H groups in total. The SMILES string of the molecule is C[SiH](C)O[Si](O[SiH2]c1ccccc1)(OC1O[SiH](c2ccccc2)O[Si](O[SiH](C)C)(c2ccccc2)O[SiH](c2ccccc2)O[Si](O[SiH](C)C)(c2ccccc2)OCO[Si]12O[Si](O[SiH](C)C)(c1ccccc1)OC2c1ccccc1)c1ccccc1. The first-order valence-corrected chi connectivity index (χ1v) is 53.3. The van der Waals surface area contributed by atoms with Crippen molar-refractivity contribution in [1.82, 2.24) is 0 Å². The predicted octanol–water partition coefficient (Wildman–Crippen LogP) is 4.77. The normalized spacial score (nSPS) is 25.9. The molecule has 1 spiro atoms. The second kappa shape index (κ2) is 29.4. The standard InChI is InChI=1S/C59H76O14Si12/c1-75(2)66-82(54-41-25-13-26-42-54)61-49-60-81(58(50-33-17-9-18-34-50)63-84(73-81,68-77(5)6)56-45-29-15-30-46-56)59(64-83(67-76(3)4,55-43-27-14-28-44-55)65-74-51-35-19-10-20-36-51)62-79(52-37-21-11-22-38-52)70-85(69-78(7)8,57-47-31-16-32-48-57)72-80(71-82)53-39-23-12-24-40-53/h9-48,58-59,75-80H,49,74H2,1-8H3. The molecule has 8 aromatic rings. The van der Waals surface area contributed by atoms with Gasteiger partial charge in [-0.3, -0.25) is 0 Å². The van der Waals surface area contributed by atoms with Gasteiger partial charge in [-0.15, -0.1) is 0 Å². The molecule has 8 aromatic carbocycles. The minimum atomic E-state index is -4.71. The van der Waals surface area contributed by atoms with Gasteiger partial charge in [0.15, 0.2) is 51.8 Å². The van der Waals surface area contributed by atoms with E-state index in [-0.39, 0.29) is 0 Å². The zero-order valence-corrected chi connectivity index (χ0v) is 62.7. The Labute approximate surface area is 519 Å². The van der Waals surface area contributed by atoms with Crippen LogP contribution in [-0.2, 0) is 59.2 Å².